The molecule has 2 unspecified atom stereocenters. The number of aryl methyl sites for hydroxylation is 1. The number of rotatable bonds is 4. The SMILES string of the molecule is Cn1cc(CNC2CC2c2ccccc2)cn1. The molecular weight excluding hydrogens is 210 g/mol. The van der Waals surface area contributed by atoms with Crippen LogP contribution in [0.4, 0.5) is 0 Å². The van der Waals surface area contributed by atoms with E-state index in [0.717, 1.165) is 6.54 Å². The first-order valence-corrected chi connectivity index (χ1v) is 6.09. The predicted octanol–water partition coefficient (Wildman–Crippen LogP) is 2.07. The quantitative estimate of drug-likeness (QED) is 0.866. The fourth-order valence-electron chi connectivity index (χ4n) is 2.30. The van der Waals surface area contributed by atoms with Gasteiger partial charge in [0, 0.05) is 37.3 Å². The molecule has 17 heavy (non-hydrogen) atoms. The first-order chi connectivity index (χ1) is 8.33. The van der Waals surface area contributed by atoms with Crippen LogP contribution in [0.2, 0.25) is 0 Å². The van der Waals surface area contributed by atoms with E-state index < -0.39 is 0 Å². The normalized spacial score (nSPS) is 22.6. The highest BCUT2D eigenvalue weighted by Crippen LogP contribution is 2.40. The first kappa shape index (κ1) is 10.5. The molecule has 3 nitrogen and oxygen atoms in total. The van der Waals surface area contributed by atoms with Gasteiger partial charge in [-0.2, -0.15) is 5.10 Å². The van der Waals surface area contributed by atoms with Gasteiger partial charge in [0.15, 0.2) is 0 Å². The molecule has 1 aromatic carbocycles. The number of aromatic nitrogens is 2. The van der Waals surface area contributed by atoms with Crippen LogP contribution in [0.25, 0.3) is 0 Å². The van der Waals surface area contributed by atoms with E-state index in [4.69, 9.17) is 0 Å². The molecule has 2 atom stereocenters. The lowest BCUT2D eigenvalue weighted by atomic mass is 10.1. The van der Waals surface area contributed by atoms with E-state index >= 15 is 0 Å². The number of nitrogens with one attached hydrogen (secondary N) is 1. The monoisotopic (exact) mass is 227 g/mol. The topological polar surface area (TPSA) is 29.9 Å². The van der Waals surface area contributed by atoms with E-state index in [2.05, 4.69) is 46.9 Å². The molecule has 0 amide bonds. The summed E-state index contributed by atoms with van der Waals surface area (Å²) in [5, 5.41) is 7.75. The third-order valence-corrected chi connectivity index (χ3v) is 3.34. The van der Waals surface area contributed by atoms with Gasteiger partial charge in [0.25, 0.3) is 0 Å². The average Bonchev–Trinajstić information content (AvgIpc) is 3.03. The van der Waals surface area contributed by atoms with Gasteiger partial charge in [-0.1, -0.05) is 30.3 Å². The molecule has 1 heterocycles. The Hall–Kier alpha value is -1.61. The molecule has 1 saturated carbocycles. The zero-order valence-electron chi connectivity index (χ0n) is 10.0. The van der Waals surface area contributed by atoms with Gasteiger partial charge in [-0.25, -0.2) is 0 Å². The Balaban J connectivity index is 1.53. The van der Waals surface area contributed by atoms with Crippen molar-refractivity contribution in [3.05, 3.63) is 53.9 Å². The average molecular weight is 227 g/mol. The Kier molecular flexibility index (Phi) is 2.69. The van der Waals surface area contributed by atoms with Crippen molar-refractivity contribution < 1.29 is 0 Å². The fraction of sp³-hybridized carbons (Fsp3) is 0.357. The van der Waals surface area contributed by atoms with Crippen LogP contribution in [0.15, 0.2) is 42.7 Å². The van der Waals surface area contributed by atoms with E-state index in [1.54, 1.807) is 0 Å². The van der Waals surface area contributed by atoms with Crippen LogP contribution in [0.3, 0.4) is 0 Å². The highest BCUT2D eigenvalue weighted by Gasteiger charge is 2.37. The van der Waals surface area contributed by atoms with Gasteiger partial charge >= 0.3 is 0 Å². The second-order valence-corrected chi connectivity index (χ2v) is 4.76. The molecule has 1 aliphatic rings. The van der Waals surface area contributed by atoms with Crippen molar-refractivity contribution in [2.24, 2.45) is 7.05 Å². The Bertz CT molecular complexity index is 489. The van der Waals surface area contributed by atoms with Crippen LogP contribution >= 0.6 is 0 Å². The second kappa shape index (κ2) is 4.34. The van der Waals surface area contributed by atoms with Gasteiger partial charge < -0.3 is 5.32 Å². The van der Waals surface area contributed by atoms with Crippen molar-refractivity contribution in [2.75, 3.05) is 0 Å². The molecule has 0 bridgehead atoms. The Morgan fingerprint density at radius 3 is 2.88 bits per heavy atom. The number of nitrogens with zero attached hydrogens (tertiary/aromatic N) is 2. The molecule has 88 valence electrons. The lowest BCUT2D eigenvalue weighted by Gasteiger charge is -2.02. The molecule has 1 N–H and O–H groups in total. The third-order valence-electron chi connectivity index (χ3n) is 3.34. The van der Waals surface area contributed by atoms with Crippen molar-refractivity contribution in [2.45, 2.75) is 24.9 Å². The van der Waals surface area contributed by atoms with E-state index in [0.29, 0.717) is 12.0 Å². The van der Waals surface area contributed by atoms with Crippen molar-refractivity contribution in [3.63, 3.8) is 0 Å². The number of benzene rings is 1. The van der Waals surface area contributed by atoms with Crippen LogP contribution < -0.4 is 5.32 Å². The van der Waals surface area contributed by atoms with Crippen LogP contribution in [0.5, 0.6) is 0 Å². The molecule has 3 heteroatoms. The zero-order valence-corrected chi connectivity index (χ0v) is 10.0. The van der Waals surface area contributed by atoms with Gasteiger partial charge in [-0.15, -0.1) is 0 Å². The van der Waals surface area contributed by atoms with Crippen LogP contribution in [0.1, 0.15) is 23.5 Å². The summed E-state index contributed by atoms with van der Waals surface area (Å²) in [6, 6.07) is 11.4. The van der Waals surface area contributed by atoms with E-state index in [1.807, 2.05) is 17.9 Å². The molecule has 3 rings (SSSR count). The van der Waals surface area contributed by atoms with Crippen molar-refractivity contribution >= 4 is 0 Å². The Morgan fingerprint density at radius 2 is 2.18 bits per heavy atom. The van der Waals surface area contributed by atoms with Gasteiger partial charge in [0.05, 0.1) is 6.20 Å². The molecule has 2 aromatic rings. The molecular formula is C14H17N3. The second-order valence-electron chi connectivity index (χ2n) is 4.76. The molecule has 1 aromatic heterocycles. The highest BCUT2D eigenvalue weighted by molar-refractivity contribution is 5.27. The summed E-state index contributed by atoms with van der Waals surface area (Å²) < 4.78 is 1.85. The summed E-state index contributed by atoms with van der Waals surface area (Å²) in [5.41, 5.74) is 2.71. The summed E-state index contributed by atoms with van der Waals surface area (Å²) in [6.45, 7) is 0.918. The Morgan fingerprint density at radius 1 is 1.35 bits per heavy atom. The summed E-state index contributed by atoms with van der Waals surface area (Å²) in [6.07, 6.45) is 5.24. The standard InChI is InChI=1S/C14H17N3/c1-17-10-11(9-16-17)8-15-14-7-13(14)12-5-3-2-4-6-12/h2-6,9-10,13-15H,7-8H2,1H3. The van der Waals surface area contributed by atoms with Crippen LogP contribution in [-0.4, -0.2) is 15.8 Å². The predicted molar refractivity (Wildman–Crippen MR) is 67.6 cm³/mol. The highest BCUT2D eigenvalue weighted by atomic mass is 15.2. The maximum absolute atomic E-state index is 4.17. The molecule has 1 fully saturated rings. The van der Waals surface area contributed by atoms with Crippen molar-refractivity contribution in [3.8, 4) is 0 Å². The van der Waals surface area contributed by atoms with E-state index in [1.165, 1.54) is 17.5 Å². The summed E-state index contributed by atoms with van der Waals surface area (Å²) in [4.78, 5) is 0. The minimum atomic E-state index is 0.637. The lowest BCUT2D eigenvalue weighted by molar-refractivity contribution is 0.671. The number of hydrogen-bond acceptors (Lipinski definition) is 2. The lowest BCUT2D eigenvalue weighted by Crippen LogP contribution is -2.16. The molecule has 1 aliphatic carbocycles. The Labute approximate surface area is 101 Å². The van der Waals surface area contributed by atoms with Crippen molar-refractivity contribution in [1.29, 1.82) is 0 Å². The zero-order chi connectivity index (χ0) is 11.7. The van der Waals surface area contributed by atoms with E-state index in [-0.39, 0.29) is 0 Å². The van der Waals surface area contributed by atoms with Gasteiger partial charge in [0.1, 0.15) is 0 Å². The molecule has 0 radical (unpaired) electrons. The van der Waals surface area contributed by atoms with Gasteiger partial charge in [-0.3, -0.25) is 4.68 Å². The molecule has 0 saturated heterocycles. The largest absolute Gasteiger partial charge is 0.309 e. The van der Waals surface area contributed by atoms with Crippen molar-refractivity contribution in [1.82, 2.24) is 15.1 Å². The maximum atomic E-state index is 4.17. The van der Waals surface area contributed by atoms with E-state index in [9.17, 15) is 0 Å². The maximum Gasteiger partial charge on any atom is 0.0534 e. The summed E-state index contributed by atoms with van der Waals surface area (Å²) in [7, 11) is 1.95. The number of hydrogen-bond donors (Lipinski definition) is 1. The van der Waals surface area contributed by atoms with Crippen LogP contribution in [0, 0.1) is 0 Å². The smallest absolute Gasteiger partial charge is 0.0534 e. The summed E-state index contributed by atoms with van der Waals surface area (Å²) >= 11 is 0. The van der Waals surface area contributed by atoms with Gasteiger partial charge in [0.2, 0.25) is 0 Å². The van der Waals surface area contributed by atoms with Crippen LogP contribution in [-0.2, 0) is 13.6 Å². The van der Waals surface area contributed by atoms with Gasteiger partial charge in [-0.05, 0) is 12.0 Å². The fourth-order valence-corrected chi connectivity index (χ4v) is 2.30. The first-order valence-electron chi connectivity index (χ1n) is 6.09. The molecule has 0 aliphatic heterocycles. The third kappa shape index (κ3) is 2.39. The molecule has 0 spiro atoms. The minimum absolute atomic E-state index is 0.637. The summed E-state index contributed by atoms with van der Waals surface area (Å²) in [5.74, 6) is 0.702. The minimum Gasteiger partial charge on any atom is -0.309 e.